The Balaban J connectivity index is 2.77. The van der Waals surface area contributed by atoms with E-state index in [1.807, 2.05) is 0 Å². The van der Waals surface area contributed by atoms with Crippen LogP contribution in [-0.4, -0.2) is 19.2 Å². The van der Waals surface area contributed by atoms with Gasteiger partial charge in [0, 0.05) is 12.4 Å². The van der Waals surface area contributed by atoms with E-state index >= 15 is 0 Å². The van der Waals surface area contributed by atoms with E-state index in [4.69, 9.17) is 0 Å². The highest BCUT2D eigenvalue weighted by molar-refractivity contribution is 7.86. The molecule has 1 heterocycles. The summed E-state index contributed by atoms with van der Waals surface area (Å²) in [5.74, 6) is -0.784. The van der Waals surface area contributed by atoms with E-state index in [0.29, 0.717) is 5.52 Å². The number of fused-ring (bicyclic) bond motifs is 1. The molecule has 0 N–H and O–H groups in total. The van der Waals surface area contributed by atoms with Crippen molar-refractivity contribution in [3.63, 3.8) is 0 Å². The van der Waals surface area contributed by atoms with Crippen molar-refractivity contribution in [2.45, 2.75) is 0 Å². The van der Waals surface area contributed by atoms with Crippen LogP contribution in [0.1, 0.15) is 0 Å². The highest BCUT2D eigenvalue weighted by atomic mass is 32.2. The number of hydrogen-bond donors (Lipinski definition) is 0. The molecule has 18 heavy (non-hydrogen) atoms. The molecule has 0 saturated carbocycles. The fourth-order valence-electron chi connectivity index (χ4n) is 1.65. The number of pyridine rings is 1. The third-order valence-corrected chi connectivity index (χ3v) is 2.84. The van der Waals surface area contributed by atoms with E-state index in [-0.39, 0.29) is 11.1 Å². The van der Waals surface area contributed by atoms with E-state index in [2.05, 4.69) is 4.18 Å². The number of aromatic nitrogens is 1. The summed E-state index contributed by atoms with van der Waals surface area (Å²) in [7, 11) is -2.21. The normalized spacial score (nSPS) is 11.7. The summed E-state index contributed by atoms with van der Waals surface area (Å²) in [5, 5.41) is 0.194. The van der Waals surface area contributed by atoms with Gasteiger partial charge in [0.15, 0.2) is 0 Å². The lowest BCUT2D eigenvalue weighted by Crippen LogP contribution is -2.16. The van der Waals surface area contributed by atoms with Gasteiger partial charge in [-0.3, -0.25) is 4.79 Å². The maximum Gasteiger partial charge on any atom is 0.306 e. The predicted molar refractivity (Wildman–Crippen MR) is 64.6 cm³/mol. The van der Waals surface area contributed by atoms with E-state index in [9.17, 15) is 17.6 Å². The van der Waals surface area contributed by atoms with Gasteiger partial charge < -0.3 is 8.75 Å². The van der Waals surface area contributed by atoms with Gasteiger partial charge in [0.1, 0.15) is 5.82 Å². The van der Waals surface area contributed by atoms with Gasteiger partial charge in [-0.25, -0.2) is 4.39 Å². The molecule has 0 aliphatic heterocycles. The lowest BCUT2D eigenvalue weighted by Gasteiger charge is -2.08. The minimum atomic E-state index is -3.78. The molecule has 0 fully saturated rings. The monoisotopic (exact) mass is 271 g/mol. The Hall–Kier alpha value is -1.89. The Morgan fingerprint density at radius 2 is 2.00 bits per heavy atom. The molecule has 1 aromatic heterocycles. The van der Waals surface area contributed by atoms with Crippen molar-refractivity contribution >= 4 is 21.0 Å². The number of benzene rings is 1. The van der Waals surface area contributed by atoms with E-state index in [1.54, 1.807) is 7.05 Å². The molecule has 1 aromatic carbocycles. The summed E-state index contributed by atoms with van der Waals surface area (Å²) < 4.78 is 41.2. The molecular formula is C11H10FNO4S. The molecule has 0 radical (unpaired) electrons. The first-order valence-electron chi connectivity index (χ1n) is 4.96. The van der Waals surface area contributed by atoms with Crippen molar-refractivity contribution < 1.29 is 17.0 Å². The minimum Gasteiger partial charge on any atom is -0.377 e. The van der Waals surface area contributed by atoms with Crippen LogP contribution >= 0.6 is 0 Å². The van der Waals surface area contributed by atoms with Crippen molar-refractivity contribution in [2.75, 3.05) is 6.26 Å². The van der Waals surface area contributed by atoms with Crippen LogP contribution in [0.15, 0.2) is 29.2 Å². The number of hydrogen-bond acceptors (Lipinski definition) is 4. The maximum atomic E-state index is 13.1. The summed E-state index contributed by atoms with van der Waals surface area (Å²) in [4.78, 5) is 11.9. The topological polar surface area (TPSA) is 65.4 Å². The molecule has 0 aliphatic rings. The highest BCUT2D eigenvalue weighted by Gasteiger charge is 2.13. The second-order valence-corrected chi connectivity index (χ2v) is 5.46. The van der Waals surface area contributed by atoms with Gasteiger partial charge in [0.05, 0.1) is 18.0 Å². The number of nitrogens with zero attached hydrogens (tertiary/aromatic N) is 1. The first kappa shape index (κ1) is 12.6. The Morgan fingerprint density at radius 1 is 1.33 bits per heavy atom. The molecule has 2 rings (SSSR count). The molecule has 0 saturated heterocycles. The summed E-state index contributed by atoms with van der Waals surface area (Å²) in [6.07, 6.45) is 2.06. The van der Waals surface area contributed by atoms with Crippen LogP contribution in [0.5, 0.6) is 5.75 Å². The van der Waals surface area contributed by atoms with Crippen molar-refractivity contribution in [3.8, 4) is 5.75 Å². The SMILES string of the molecule is Cn1cc(OS(C)(=O)=O)c(=O)c2ccc(F)cc21. The lowest BCUT2D eigenvalue weighted by molar-refractivity contribution is 0.488. The largest absolute Gasteiger partial charge is 0.377 e. The second-order valence-electron chi connectivity index (χ2n) is 3.88. The molecule has 0 unspecified atom stereocenters. The van der Waals surface area contributed by atoms with Crippen LogP contribution < -0.4 is 9.61 Å². The molecule has 2 aromatic rings. The molecule has 7 heteroatoms. The number of rotatable bonds is 2. The maximum absolute atomic E-state index is 13.1. The van der Waals surface area contributed by atoms with Crippen molar-refractivity contribution in [2.24, 2.45) is 7.05 Å². The number of aryl methyl sites for hydroxylation is 1. The smallest absolute Gasteiger partial charge is 0.306 e. The zero-order valence-electron chi connectivity index (χ0n) is 9.68. The third-order valence-electron chi connectivity index (χ3n) is 2.36. The first-order chi connectivity index (χ1) is 8.28. The van der Waals surface area contributed by atoms with Gasteiger partial charge in [-0.2, -0.15) is 8.42 Å². The minimum absolute atomic E-state index is 0.194. The summed E-state index contributed by atoms with van der Waals surface area (Å²) >= 11 is 0. The molecule has 0 spiro atoms. The average Bonchev–Trinajstić information content (AvgIpc) is 2.23. The first-order valence-corrected chi connectivity index (χ1v) is 6.78. The molecule has 96 valence electrons. The van der Waals surface area contributed by atoms with Crippen LogP contribution in [0.3, 0.4) is 0 Å². The van der Waals surface area contributed by atoms with Crippen LogP contribution in [0.4, 0.5) is 4.39 Å². The molecule has 0 amide bonds. The fourth-order valence-corrected chi connectivity index (χ4v) is 2.09. The molecule has 0 aliphatic carbocycles. The predicted octanol–water partition coefficient (Wildman–Crippen LogP) is 1.02. The lowest BCUT2D eigenvalue weighted by atomic mass is 10.2. The van der Waals surface area contributed by atoms with Gasteiger partial charge in [-0.05, 0) is 18.2 Å². The molecule has 0 bridgehead atoms. The summed E-state index contributed by atoms with van der Waals surface area (Å²) in [6.45, 7) is 0. The van der Waals surface area contributed by atoms with Gasteiger partial charge in [-0.1, -0.05) is 0 Å². The summed E-state index contributed by atoms with van der Waals surface area (Å²) in [6, 6.07) is 3.62. The quantitative estimate of drug-likeness (QED) is 0.765. The third kappa shape index (κ3) is 2.35. The summed E-state index contributed by atoms with van der Waals surface area (Å²) in [5.41, 5.74) is -0.227. The Morgan fingerprint density at radius 3 is 2.61 bits per heavy atom. The zero-order chi connectivity index (χ0) is 13.5. The molecular weight excluding hydrogens is 261 g/mol. The Bertz CT molecular complexity index is 779. The van der Waals surface area contributed by atoms with Crippen molar-refractivity contribution in [3.05, 3.63) is 40.4 Å². The van der Waals surface area contributed by atoms with Crippen molar-refractivity contribution in [1.82, 2.24) is 4.57 Å². The van der Waals surface area contributed by atoms with Gasteiger partial charge in [0.25, 0.3) is 0 Å². The highest BCUT2D eigenvalue weighted by Crippen LogP contribution is 2.16. The molecule has 0 atom stereocenters. The van der Waals surface area contributed by atoms with Crippen LogP contribution in [-0.2, 0) is 17.2 Å². The number of halogens is 1. The van der Waals surface area contributed by atoms with Crippen LogP contribution in [0.25, 0.3) is 10.9 Å². The van der Waals surface area contributed by atoms with Gasteiger partial charge in [0.2, 0.25) is 11.2 Å². The fraction of sp³-hybridized carbons (Fsp3) is 0.182. The van der Waals surface area contributed by atoms with Crippen molar-refractivity contribution in [1.29, 1.82) is 0 Å². The van der Waals surface area contributed by atoms with Gasteiger partial charge >= 0.3 is 10.1 Å². The van der Waals surface area contributed by atoms with E-state index in [1.165, 1.54) is 22.9 Å². The Labute approximate surface area is 103 Å². The van der Waals surface area contributed by atoms with Crippen LogP contribution in [0, 0.1) is 5.82 Å². The van der Waals surface area contributed by atoms with E-state index < -0.39 is 21.4 Å². The molecule has 5 nitrogen and oxygen atoms in total. The average molecular weight is 271 g/mol. The van der Waals surface area contributed by atoms with Gasteiger partial charge in [-0.15, -0.1) is 0 Å². The standard InChI is InChI=1S/C11H10FNO4S/c1-13-6-10(17-18(2,15)16)11(14)8-4-3-7(12)5-9(8)13/h3-6H,1-2H3. The Kier molecular flexibility index (Phi) is 2.86. The second kappa shape index (κ2) is 4.09. The zero-order valence-corrected chi connectivity index (χ0v) is 10.5. The van der Waals surface area contributed by atoms with E-state index in [0.717, 1.165) is 12.3 Å². The van der Waals surface area contributed by atoms with Crippen LogP contribution in [0.2, 0.25) is 0 Å².